The summed E-state index contributed by atoms with van der Waals surface area (Å²) in [5, 5.41) is 19.0. The van der Waals surface area contributed by atoms with E-state index >= 15 is 0 Å². The molecule has 9 nitrogen and oxygen atoms in total. The van der Waals surface area contributed by atoms with Gasteiger partial charge >= 0.3 is 11.5 Å². The Morgan fingerprint density at radius 1 is 0.903 bits per heavy atom. The SMILES string of the molecule is Cn1c(=O)n(Cc2ccc(O)cc2)c2ncnc3[n+](Cc4ccc(O)cc4)cnc-3c21. The van der Waals surface area contributed by atoms with E-state index < -0.39 is 0 Å². The Balaban J connectivity index is 1.60. The van der Waals surface area contributed by atoms with Crippen LogP contribution in [-0.2, 0) is 20.1 Å². The van der Waals surface area contributed by atoms with E-state index in [4.69, 9.17) is 0 Å². The monoisotopic (exact) mass is 415 g/mol. The predicted molar refractivity (Wildman–Crippen MR) is 112 cm³/mol. The molecule has 2 aromatic carbocycles. The Bertz CT molecular complexity index is 1420. The molecule has 0 spiro atoms. The average Bonchev–Trinajstić information content (AvgIpc) is 3.16. The van der Waals surface area contributed by atoms with Crippen LogP contribution in [0.3, 0.4) is 0 Å². The molecule has 31 heavy (non-hydrogen) atoms. The van der Waals surface area contributed by atoms with E-state index in [2.05, 4.69) is 15.0 Å². The fourth-order valence-electron chi connectivity index (χ4n) is 3.70. The summed E-state index contributed by atoms with van der Waals surface area (Å²) < 4.78 is 4.98. The van der Waals surface area contributed by atoms with Gasteiger partial charge in [-0.2, -0.15) is 4.98 Å². The van der Waals surface area contributed by atoms with Crippen molar-refractivity contribution >= 4 is 11.2 Å². The average molecular weight is 415 g/mol. The van der Waals surface area contributed by atoms with Gasteiger partial charge in [-0.25, -0.2) is 9.36 Å². The van der Waals surface area contributed by atoms with E-state index in [0.717, 1.165) is 11.1 Å². The van der Waals surface area contributed by atoms with Crippen molar-refractivity contribution in [3.05, 3.63) is 82.8 Å². The number of hydrogen-bond acceptors (Lipinski definition) is 6. The second kappa shape index (κ2) is 7.21. The van der Waals surface area contributed by atoms with Crippen LogP contribution in [-0.4, -0.2) is 34.3 Å². The molecule has 9 heteroatoms. The lowest BCUT2D eigenvalue weighted by atomic mass is 10.2. The molecule has 0 unspecified atom stereocenters. The second-order valence-electron chi connectivity index (χ2n) is 7.35. The minimum Gasteiger partial charge on any atom is -0.508 e. The lowest BCUT2D eigenvalue weighted by Crippen LogP contribution is -2.34. The number of phenolic OH excluding ortho intramolecular Hbond substituents is 2. The zero-order valence-corrected chi connectivity index (χ0v) is 16.7. The van der Waals surface area contributed by atoms with Gasteiger partial charge in [-0.3, -0.25) is 9.13 Å². The molecule has 0 atom stereocenters. The standard InChI is InChI=1S/C22H18N6O3/c1-26-19-18-20(27(13-25-18)10-14-2-6-16(29)7-3-14)23-12-24-21(19)28(22(26)31)11-15-4-8-17(30)9-5-15/h2-9,12-13H,10-11H2,1H3,(H-,29,30)/p+1. The van der Waals surface area contributed by atoms with E-state index in [1.54, 1.807) is 54.3 Å². The van der Waals surface area contributed by atoms with Crippen LogP contribution in [0.2, 0.25) is 0 Å². The zero-order valence-electron chi connectivity index (χ0n) is 16.7. The molecule has 1 aromatic heterocycles. The van der Waals surface area contributed by atoms with Gasteiger partial charge in [0.1, 0.15) is 17.0 Å². The quantitative estimate of drug-likeness (QED) is 0.430. The van der Waals surface area contributed by atoms with Gasteiger partial charge in [-0.1, -0.05) is 29.2 Å². The zero-order chi connectivity index (χ0) is 21.5. The van der Waals surface area contributed by atoms with Gasteiger partial charge in [0.25, 0.3) is 0 Å². The van der Waals surface area contributed by atoms with Crippen molar-refractivity contribution in [1.82, 2.24) is 24.1 Å². The topological polar surface area (TPSA) is 110 Å². The first-order valence-electron chi connectivity index (χ1n) is 9.65. The largest absolute Gasteiger partial charge is 0.508 e. The number of phenols is 2. The molecule has 0 bridgehead atoms. The fraction of sp³-hybridized carbons (Fsp3) is 0.136. The Hall–Kier alpha value is -4.27. The number of aromatic nitrogens is 6. The number of aromatic hydroxyl groups is 2. The molecule has 3 aromatic rings. The molecule has 0 radical (unpaired) electrons. The number of nitrogens with zero attached hydrogens (tertiary/aromatic N) is 6. The Labute approximate surface area is 176 Å². The highest BCUT2D eigenvalue weighted by molar-refractivity contribution is 5.84. The van der Waals surface area contributed by atoms with Crippen molar-refractivity contribution in [1.29, 1.82) is 0 Å². The van der Waals surface area contributed by atoms with Crippen molar-refractivity contribution in [2.24, 2.45) is 7.05 Å². The summed E-state index contributed by atoms with van der Waals surface area (Å²) in [5.41, 5.74) is 3.29. The van der Waals surface area contributed by atoms with Gasteiger partial charge in [0.2, 0.25) is 12.0 Å². The van der Waals surface area contributed by atoms with Crippen molar-refractivity contribution in [3.63, 3.8) is 0 Å². The third-order valence-electron chi connectivity index (χ3n) is 5.28. The predicted octanol–water partition coefficient (Wildman–Crippen LogP) is 1.43. The molecule has 2 aliphatic rings. The van der Waals surface area contributed by atoms with Crippen LogP contribution < -0.4 is 10.3 Å². The third kappa shape index (κ3) is 3.25. The number of hydrogen-bond donors (Lipinski definition) is 2. The molecule has 5 rings (SSSR count). The van der Waals surface area contributed by atoms with Crippen LogP contribution in [0.25, 0.3) is 22.7 Å². The summed E-state index contributed by atoms with van der Waals surface area (Å²) >= 11 is 0. The highest BCUT2D eigenvalue weighted by Crippen LogP contribution is 2.22. The summed E-state index contributed by atoms with van der Waals surface area (Å²) in [4.78, 5) is 26.5. The molecule has 0 aliphatic carbocycles. The molecule has 0 amide bonds. The van der Waals surface area contributed by atoms with Crippen molar-refractivity contribution in [2.45, 2.75) is 13.1 Å². The summed E-state index contributed by atoms with van der Waals surface area (Å²) in [6.45, 7) is 0.820. The number of aryl methyl sites for hydroxylation is 1. The molecular weight excluding hydrogens is 396 g/mol. The summed E-state index contributed by atoms with van der Waals surface area (Å²) in [7, 11) is 1.69. The van der Waals surface area contributed by atoms with E-state index in [0.29, 0.717) is 35.8 Å². The van der Waals surface area contributed by atoms with Gasteiger partial charge in [-0.15, -0.1) is 4.98 Å². The number of rotatable bonds is 4. The van der Waals surface area contributed by atoms with Crippen LogP contribution >= 0.6 is 0 Å². The molecule has 0 saturated heterocycles. The third-order valence-corrected chi connectivity index (χ3v) is 5.28. The molecule has 2 aliphatic heterocycles. The van der Waals surface area contributed by atoms with Crippen molar-refractivity contribution < 1.29 is 14.8 Å². The van der Waals surface area contributed by atoms with E-state index in [1.165, 1.54) is 10.9 Å². The maximum absolute atomic E-state index is 13.0. The van der Waals surface area contributed by atoms with Crippen LogP contribution in [0.5, 0.6) is 11.5 Å². The van der Waals surface area contributed by atoms with Gasteiger partial charge in [-0.05, 0) is 35.4 Å². The Morgan fingerprint density at radius 3 is 2.23 bits per heavy atom. The molecule has 3 heterocycles. The first kappa shape index (κ1) is 18.7. The lowest BCUT2D eigenvalue weighted by Gasteiger charge is -2.02. The van der Waals surface area contributed by atoms with Gasteiger partial charge in [0, 0.05) is 7.05 Å². The lowest BCUT2D eigenvalue weighted by molar-refractivity contribution is -0.678. The van der Waals surface area contributed by atoms with Crippen LogP contribution in [0, 0.1) is 0 Å². The first-order valence-corrected chi connectivity index (χ1v) is 9.65. The van der Waals surface area contributed by atoms with E-state index in [9.17, 15) is 15.0 Å². The Kier molecular flexibility index (Phi) is 4.36. The molecule has 0 saturated carbocycles. The van der Waals surface area contributed by atoms with E-state index in [-0.39, 0.29) is 17.2 Å². The summed E-state index contributed by atoms with van der Waals surface area (Å²) in [6, 6.07) is 13.6. The number of benzene rings is 2. The van der Waals surface area contributed by atoms with Gasteiger partial charge < -0.3 is 10.2 Å². The number of imidazole rings is 2. The Morgan fingerprint density at radius 2 is 1.55 bits per heavy atom. The number of fused-ring (bicyclic) bond motifs is 3. The second-order valence-corrected chi connectivity index (χ2v) is 7.35. The molecule has 0 fully saturated rings. The molecule has 154 valence electrons. The molecular formula is C22H19N6O3+. The van der Waals surface area contributed by atoms with Crippen LogP contribution in [0.1, 0.15) is 11.1 Å². The van der Waals surface area contributed by atoms with Crippen molar-refractivity contribution in [2.75, 3.05) is 0 Å². The maximum Gasteiger partial charge on any atom is 0.330 e. The molecule has 2 N–H and O–H groups in total. The van der Waals surface area contributed by atoms with Crippen molar-refractivity contribution in [3.8, 4) is 23.0 Å². The van der Waals surface area contributed by atoms with Gasteiger partial charge in [0.15, 0.2) is 12.0 Å². The van der Waals surface area contributed by atoms with Gasteiger partial charge in [0.05, 0.1) is 13.1 Å². The normalized spacial score (nSPS) is 11.4. The highest BCUT2D eigenvalue weighted by atomic mass is 16.3. The summed E-state index contributed by atoms with van der Waals surface area (Å²) in [6.07, 6.45) is 3.12. The fourth-order valence-corrected chi connectivity index (χ4v) is 3.70. The highest BCUT2D eigenvalue weighted by Gasteiger charge is 2.28. The van der Waals surface area contributed by atoms with E-state index in [1.807, 2.05) is 16.7 Å². The summed E-state index contributed by atoms with van der Waals surface area (Å²) in [5.74, 6) is 0.983. The minimum atomic E-state index is -0.212. The smallest absolute Gasteiger partial charge is 0.330 e. The van der Waals surface area contributed by atoms with Crippen LogP contribution in [0.4, 0.5) is 0 Å². The first-order chi connectivity index (χ1) is 15.0. The maximum atomic E-state index is 13.0. The minimum absolute atomic E-state index is 0.170. The van der Waals surface area contributed by atoms with Crippen LogP contribution in [0.15, 0.2) is 66.0 Å².